The first kappa shape index (κ1) is 10.6. The van der Waals surface area contributed by atoms with E-state index in [1.54, 1.807) is 12.1 Å². The first-order valence-electron chi connectivity index (χ1n) is 3.99. The van der Waals surface area contributed by atoms with E-state index in [1.807, 2.05) is 18.2 Å². The second-order valence-electron chi connectivity index (χ2n) is 2.67. The summed E-state index contributed by atoms with van der Waals surface area (Å²) in [5.74, 6) is -0.427. The third-order valence-corrected chi connectivity index (χ3v) is 2.55. The monoisotopic (exact) mass is 206 g/mol. The summed E-state index contributed by atoms with van der Waals surface area (Å²) in [4.78, 5) is 10.1. The molecule has 1 rings (SSSR count). The van der Waals surface area contributed by atoms with Crippen molar-refractivity contribution in [2.45, 2.75) is 5.75 Å². The molecule has 0 N–H and O–H groups in total. The van der Waals surface area contributed by atoms with E-state index in [2.05, 4.69) is 0 Å². The Balaban J connectivity index is 2.45. The van der Waals surface area contributed by atoms with Gasteiger partial charge in [-0.25, -0.2) is 0 Å². The van der Waals surface area contributed by atoms with Crippen LogP contribution in [0.1, 0.15) is 11.1 Å². The predicted octanol–water partition coefficient (Wildman–Crippen LogP) is 0.541. The molecule has 0 aliphatic rings. The summed E-state index contributed by atoms with van der Waals surface area (Å²) in [6.07, 6.45) is 0. The summed E-state index contributed by atoms with van der Waals surface area (Å²) in [7, 11) is 0. The van der Waals surface area contributed by atoms with Gasteiger partial charge in [0.2, 0.25) is 0 Å². The molecule has 1 aromatic rings. The second kappa shape index (κ2) is 5.30. The molecule has 0 spiro atoms. The van der Waals surface area contributed by atoms with E-state index in [9.17, 15) is 9.90 Å². The lowest BCUT2D eigenvalue weighted by Crippen LogP contribution is -2.24. The lowest BCUT2D eigenvalue weighted by atomic mass is 10.2. The summed E-state index contributed by atoms with van der Waals surface area (Å²) < 4.78 is 0. The molecule has 0 saturated heterocycles. The molecular formula is C10H8NO2S-. The molecule has 0 aliphatic heterocycles. The maximum Gasteiger partial charge on any atom is 0.0991 e. The number of rotatable bonds is 4. The minimum atomic E-state index is -1.05. The molecule has 0 saturated carbocycles. The average Bonchev–Trinajstić information content (AvgIpc) is 2.18. The number of benzene rings is 1. The van der Waals surface area contributed by atoms with Crippen molar-refractivity contribution < 1.29 is 9.90 Å². The SMILES string of the molecule is N#Cc1ccc(CSCC(=O)[O-])cc1. The van der Waals surface area contributed by atoms with Gasteiger partial charge in [-0.2, -0.15) is 17.0 Å². The standard InChI is InChI=1S/C10H9NO2S/c11-5-8-1-3-9(4-2-8)6-14-7-10(12)13/h1-4H,6-7H2,(H,12,13)/p-1. The molecule has 72 valence electrons. The number of carboxylic acid groups (broad SMARTS) is 1. The normalized spacial score (nSPS) is 9.36. The van der Waals surface area contributed by atoms with Gasteiger partial charge in [-0.05, 0) is 17.7 Å². The first-order valence-corrected chi connectivity index (χ1v) is 5.14. The van der Waals surface area contributed by atoms with Gasteiger partial charge in [-0.3, -0.25) is 0 Å². The molecule has 4 heteroatoms. The van der Waals surface area contributed by atoms with Crippen molar-refractivity contribution >= 4 is 17.7 Å². The smallest absolute Gasteiger partial charge is 0.0991 e. The van der Waals surface area contributed by atoms with E-state index in [0.717, 1.165) is 5.56 Å². The minimum absolute atomic E-state index is 0.00000142. The van der Waals surface area contributed by atoms with Gasteiger partial charge in [0.05, 0.1) is 17.6 Å². The van der Waals surface area contributed by atoms with E-state index in [1.165, 1.54) is 11.8 Å². The number of nitriles is 1. The van der Waals surface area contributed by atoms with Crippen molar-refractivity contribution in [1.82, 2.24) is 0 Å². The largest absolute Gasteiger partial charge is 0.549 e. The molecule has 1 aromatic carbocycles. The highest BCUT2D eigenvalue weighted by molar-refractivity contribution is 7.99. The number of aliphatic carboxylic acids is 1. The van der Waals surface area contributed by atoms with Gasteiger partial charge < -0.3 is 9.90 Å². The quantitative estimate of drug-likeness (QED) is 0.721. The maximum atomic E-state index is 10.1. The van der Waals surface area contributed by atoms with Crippen LogP contribution in [-0.2, 0) is 10.5 Å². The second-order valence-corrected chi connectivity index (χ2v) is 3.66. The lowest BCUT2D eigenvalue weighted by Gasteiger charge is -2.02. The Morgan fingerprint density at radius 1 is 1.43 bits per heavy atom. The van der Waals surface area contributed by atoms with E-state index in [0.29, 0.717) is 11.3 Å². The van der Waals surface area contributed by atoms with Crippen molar-refractivity contribution in [3.05, 3.63) is 35.4 Å². The van der Waals surface area contributed by atoms with Gasteiger partial charge in [0, 0.05) is 11.5 Å². The van der Waals surface area contributed by atoms with Crippen LogP contribution in [-0.4, -0.2) is 11.7 Å². The Morgan fingerprint density at radius 3 is 2.57 bits per heavy atom. The maximum absolute atomic E-state index is 10.1. The van der Waals surface area contributed by atoms with Crippen LogP contribution in [0, 0.1) is 11.3 Å². The number of thioether (sulfide) groups is 1. The summed E-state index contributed by atoms with van der Waals surface area (Å²) in [5.41, 5.74) is 1.62. The molecule has 0 radical (unpaired) electrons. The molecule has 0 amide bonds. The molecule has 0 fully saturated rings. The first-order chi connectivity index (χ1) is 6.72. The van der Waals surface area contributed by atoms with Crippen LogP contribution in [0.2, 0.25) is 0 Å². The van der Waals surface area contributed by atoms with Crippen molar-refractivity contribution in [1.29, 1.82) is 5.26 Å². The van der Waals surface area contributed by atoms with Crippen LogP contribution >= 0.6 is 11.8 Å². The average molecular weight is 206 g/mol. The number of nitrogens with zero attached hydrogens (tertiary/aromatic N) is 1. The number of hydrogen-bond acceptors (Lipinski definition) is 4. The molecular weight excluding hydrogens is 198 g/mol. The fraction of sp³-hybridized carbons (Fsp3) is 0.200. The number of hydrogen-bond donors (Lipinski definition) is 0. The molecule has 0 bridgehead atoms. The lowest BCUT2D eigenvalue weighted by molar-refractivity contribution is -0.301. The van der Waals surface area contributed by atoms with Gasteiger partial charge >= 0.3 is 0 Å². The molecule has 0 aromatic heterocycles. The van der Waals surface area contributed by atoms with Crippen LogP contribution in [0.15, 0.2) is 24.3 Å². The zero-order valence-corrected chi connectivity index (χ0v) is 8.21. The highest BCUT2D eigenvalue weighted by atomic mass is 32.2. The van der Waals surface area contributed by atoms with Crippen molar-refractivity contribution in [2.24, 2.45) is 0 Å². The molecule has 14 heavy (non-hydrogen) atoms. The van der Waals surface area contributed by atoms with E-state index in [4.69, 9.17) is 5.26 Å². The summed E-state index contributed by atoms with van der Waals surface area (Å²) in [6.45, 7) is 0. The Morgan fingerprint density at radius 2 is 2.07 bits per heavy atom. The van der Waals surface area contributed by atoms with E-state index < -0.39 is 5.97 Å². The minimum Gasteiger partial charge on any atom is -0.549 e. The van der Waals surface area contributed by atoms with Crippen LogP contribution in [0.3, 0.4) is 0 Å². The topological polar surface area (TPSA) is 63.9 Å². The zero-order chi connectivity index (χ0) is 10.4. The van der Waals surface area contributed by atoms with Gasteiger partial charge in [0.1, 0.15) is 0 Å². The molecule has 0 atom stereocenters. The Labute approximate surface area is 86.4 Å². The van der Waals surface area contributed by atoms with Crippen LogP contribution in [0.4, 0.5) is 0 Å². The third kappa shape index (κ3) is 3.50. The molecule has 0 aliphatic carbocycles. The number of carboxylic acids is 1. The van der Waals surface area contributed by atoms with Gasteiger partial charge in [0.15, 0.2) is 0 Å². The highest BCUT2D eigenvalue weighted by Crippen LogP contribution is 2.12. The zero-order valence-electron chi connectivity index (χ0n) is 7.40. The fourth-order valence-corrected chi connectivity index (χ4v) is 1.62. The van der Waals surface area contributed by atoms with Crippen LogP contribution in [0.25, 0.3) is 0 Å². The van der Waals surface area contributed by atoms with Crippen LogP contribution in [0.5, 0.6) is 0 Å². The van der Waals surface area contributed by atoms with Crippen molar-refractivity contribution in [3.8, 4) is 6.07 Å². The Hall–Kier alpha value is -1.47. The Bertz CT molecular complexity index is 353. The number of carbonyl (C=O) groups excluding carboxylic acids is 1. The van der Waals surface area contributed by atoms with Gasteiger partial charge in [-0.1, -0.05) is 12.1 Å². The van der Waals surface area contributed by atoms with Crippen LogP contribution < -0.4 is 5.11 Å². The highest BCUT2D eigenvalue weighted by Gasteiger charge is 1.94. The van der Waals surface area contributed by atoms with Gasteiger partial charge in [-0.15, -0.1) is 0 Å². The van der Waals surface area contributed by atoms with E-state index >= 15 is 0 Å². The van der Waals surface area contributed by atoms with Crippen molar-refractivity contribution in [2.75, 3.05) is 5.75 Å². The molecule has 0 heterocycles. The van der Waals surface area contributed by atoms with Gasteiger partial charge in [0.25, 0.3) is 0 Å². The number of carbonyl (C=O) groups is 1. The summed E-state index contributed by atoms with van der Waals surface area (Å²) in [6, 6.07) is 9.09. The summed E-state index contributed by atoms with van der Waals surface area (Å²) >= 11 is 1.28. The van der Waals surface area contributed by atoms with Crippen molar-refractivity contribution in [3.63, 3.8) is 0 Å². The molecule has 0 unspecified atom stereocenters. The van der Waals surface area contributed by atoms with E-state index in [-0.39, 0.29) is 5.75 Å². The molecule has 3 nitrogen and oxygen atoms in total. The Kier molecular flexibility index (Phi) is 4.02. The predicted molar refractivity (Wildman–Crippen MR) is 52.3 cm³/mol. The fourth-order valence-electron chi connectivity index (χ4n) is 0.928. The summed E-state index contributed by atoms with van der Waals surface area (Å²) in [5, 5.41) is 18.7. The third-order valence-electron chi connectivity index (χ3n) is 1.57.